The number of carbonyl (C=O) groups is 1. The van der Waals surface area contributed by atoms with Crippen molar-refractivity contribution in [3.05, 3.63) is 64.9 Å². The molecule has 0 unspecified atom stereocenters. The van der Waals surface area contributed by atoms with Gasteiger partial charge < -0.3 is 14.2 Å². The maximum absolute atomic E-state index is 13.3. The van der Waals surface area contributed by atoms with E-state index in [1.165, 1.54) is 5.69 Å². The van der Waals surface area contributed by atoms with Crippen molar-refractivity contribution in [1.29, 1.82) is 0 Å². The fraction of sp³-hybridized carbons (Fsp3) is 0.348. The number of fused-ring (bicyclic) bond motifs is 4. The molecule has 1 aromatic heterocycles. The van der Waals surface area contributed by atoms with E-state index in [1.807, 2.05) is 30.3 Å². The Bertz CT molecular complexity index is 1060. The summed E-state index contributed by atoms with van der Waals surface area (Å²) in [5, 5.41) is 0.916. The summed E-state index contributed by atoms with van der Waals surface area (Å²) >= 11 is 0. The lowest BCUT2D eigenvalue weighted by Gasteiger charge is -2.36. The molecule has 2 heterocycles. The van der Waals surface area contributed by atoms with Gasteiger partial charge in [0.15, 0.2) is 5.78 Å². The maximum Gasteiger partial charge on any atom is 0.197 e. The van der Waals surface area contributed by atoms with Crippen LogP contribution in [0.4, 0.5) is 5.69 Å². The van der Waals surface area contributed by atoms with Gasteiger partial charge in [0.25, 0.3) is 0 Å². The second-order valence-corrected chi connectivity index (χ2v) is 8.28. The van der Waals surface area contributed by atoms with Crippen LogP contribution >= 0.6 is 0 Å². The number of anilines is 1. The molecular formula is C23H24N2O2. The van der Waals surface area contributed by atoms with E-state index in [0.29, 0.717) is 0 Å². The number of hydrogen-bond acceptors (Lipinski definition) is 4. The first kappa shape index (κ1) is 16.6. The molecule has 0 radical (unpaired) electrons. The van der Waals surface area contributed by atoms with Crippen LogP contribution in [0.25, 0.3) is 11.0 Å². The number of para-hydroxylation sites is 1. The van der Waals surface area contributed by atoms with Crippen molar-refractivity contribution in [2.45, 2.75) is 19.3 Å². The lowest BCUT2D eigenvalue weighted by molar-refractivity contribution is 0.102. The summed E-state index contributed by atoms with van der Waals surface area (Å²) < 4.78 is 6.19. The first-order valence-corrected chi connectivity index (χ1v) is 9.61. The number of rotatable bonds is 1. The quantitative estimate of drug-likeness (QED) is 0.656. The molecule has 1 saturated heterocycles. The summed E-state index contributed by atoms with van der Waals surface area (Å²) in [6.45, 7) is 8.47. The van der Waals surface area contributed by atoms with Gasteiger partial charge in [-0.05, 0) is 50.7 Å². The largest absolute Gasteiger partial charge is 0.459 e. The van der Waals surface area contributed by atoms with Gasteiger partial charge in [-0.3, -0.25) is 4.79 Å². The first-order valence-electron chi connectivity index (χ1n) is 9.61. The van der Waals surface area contributed by atoms with Crippen molar-refractivity contribution < 1.29 is 9.21 Å². The number of nitrogens with zero attached hydrogens (tertiary/aromatic N) is 2. The van der Waals surface area contributed by atoms with Gasteiger partial charge >= 0.3 is 0 Å². The van der Waals surface area contributed by atoms with Crippen molar-refractivity contribution >= 4 is 22.4 Å². The molecule has 2 aliphatic rings. The fourth-order valence-corrected chi connectivity index (χ4v) is 4.48. The maximum atomic E-state index is 13.3. The van der Waals surface area contributed by atoms with Crippen molar-refractivity contribution in [2.24, 2.45) is 0 Å². The van der Waals surface area contributed by atoms with E-state index in [-0.39, 0.29) is 11.2 Å². The summed E-state index contributed by atoms with van der Waals surface area (Å²) in [7, 11) is 2.16. The number of carbonyl (C=O) groups excluding carboxylic acids is 1. The third-order valence-electron chi connectivity index (χ3n) is 6.18. The molecule has 0 atom stereocenters. The Balaban J connectivity index is 1.65. The van der Waals surface area contributed by atoms with Crippen LogP contribution in [0.1, 0.15) is 41.1 Å². The number of hydrogen-bond donors (Lipinski definition) is 0. The van der Waals surface area contributed by atoms with E-state index < -0.39 is 0 Å². The molecule has 1 fully saturated rings. The minimum absolute atomic E-state index is 0.0780. The molecule has 1 aliphatic carbocycles. The van der Waals surface area contributed by atoms with Crippen LogP contribution in [0.15, 0.2) is 46.9 Å². The van der Waals surface area contributed by atoms with E-state index in [1.54, 1.807) is 0 Å². The van der Waals surface area contributed by atoms with Gasteiger partial charge in [0.1, 0.15) is 11.3 Å². The number of benzene rings is 2. The van der Waals surface area contributed by atoms with Crippen LogP contribution in [0, 0.1) is 0 Å². The SMILES string of the molecule is CN1CCN(c2ccc3c(c2)C(C)(C)c2oc4ccccc4c2C3=O)CC1. The van der Waals surface area contributed by atoms with Gasteiger partial charge in [-0.15, -0.1) is 0 Å². The summed E-state index contributed by atoms with van der Waals surface area (Å²) in [6, 6.07) is 14.2. The standard InChI is InChI=1S/C23H24N2O2/c1-23(2)18-14-15(25-12-10-24(3)11-13-25)8-9-16(18)21(26)20-17-6-4-5-7-19(17)27-22(20)23/h4-9,14H,10-13H2,1-3H3. The van der Waals surface area contributed by atoms with Gasteiger partial charge in [-0.2, -0.15) is 0 Å². The van der Waals surface area contributed by atoms with Gasteiger partial charge in [-0.25, -0.2) is 0 Å². The Labute approximate surface area is 159 Å². The Morgan fingerprint density at radius 1 is 1.00 bits per heavy atom. The number of piperazine rings is 1. The Hall–Kier alpha value is -2.59. The zero-order valence-electron chi connectivity index (χ0n) is 16.1. The van der Waals surface area contributed by atoms with E-state index in [9.17, 15) is 4.79 Å². The molecule has 0 spiro atoms. The van der Waals surface area contributed by atoms with E-state index in [4.69, 9.17) is 4.42 Å². The highest BCUT2D eigenvalue weighted by atomic mass is 16.3. The lowest BCUT2D eigenvalue weighted by atomic mass is 9.71. The smallest absolute Gasteiger partial charge is 0.197 e. The van der Waals surface area contributed by atoms with Gasteiger partial charge in [0.2, 0.25) is 0 Å². The highest BCUT2D eigenvalue weighted by Gasteiger charge is 2.41. The molecule has 0 bridgehead atoms. The summed E-state index contributed by atoms with van der Waals surface area (Å²) in [5.74, 6) is 0.867. The third kappa shape index (κ3) is 2.36. The third-order valence-corrected chi connectivity index (χ3v) is 6.18. The number of furan rings is 1. The Morgan fingerprint density at radius 3 is 2.52 bits per heavy atom. The molecule has 138 valence electrons. The Kier molecular flexibility index (Phi) is 3.50. The highest BCUT2D eigenvalue weighted by molar-refractivity contribution is 6.19. The molecule has 5 rings (SSSR count). The zero-order chi connectivity index (χ0) is 18.8. The fourth-order valence-electron chi connectivity index (χ4n) is 4.48. The molecular weight excluding hydrogens is 336 g/mol. The van der Waals surface area contributed by atoms with Crippen molar-refractivity contribution in [3.8, 4) is 0 Å². The van der Waals surface area contributed by atoms with E-state index >= 15 is 0 Å². The van der Waals surface area contributed by atoms with E-state index in [2.05, 4.69) is 42.8 Å². The molecule has 27 heavy (non-hydrogen) atoms. The summed E-state index contributed by atoms with van der Waals surface area (Å²) in [6.07, 6.45) is 0. The normalized spacial score (nSPS) is 19.2. The average Bonchev–Trinajstić information content (AvgIpc) is 3.08. The minimum Gasteiger partial charge on any atom is -0.459 e. The highest BCUT2D eigenvalue weighted by Crippen LogP contribution is 2.46. The lowest BCUT2D eigenvalue weighted by Crippen LogP contribution is -2.44. The van der Waals surface area contributed by atoms with Crippen LogP contribution in [-0.4, -0.2) is 43.9 Å². The second-order valence-electron chi connectivity index (χ2n) is 8.28. The molecule has 2 aromatic carbocycles. The molecule has 0 amide bonds. The van der Waals surface area contributed by atoms with Crippen LogP contribution in [0.5, 0.6) is 0 Å². The van der Waals surface area contributed by atoms with Crippen molar-refractivity contribution in [1.82, 2.24) is 4.90 Å². The molecule has 0 N–H and O–H groups in total. The summed E-state index contributed by atoms with van der Waals surface area (Å²) in [5.41, 5.74) is 4.24. The number of likely N-dealkylation sites (N-methyl/N-ethyl adjacent to an activating group) is 1. The molecule has 3 aromatic rings. The first-order chi connectivity index (χ1) is 13.0. The van der Waals surface area contributed by atoms with E-state index in [0.717, 1.165) is 59.6 Å². The van der Waals surface area contributed by atoms with Gasteiger partial charge in [0.05, 0.1) is 5.56 Å². The average molecular weight is 360 g/mol. The summed E-state index contributed by atoms with van der Waals surface area (Å²) in [4.78, 5) is 18.1. The number of ketones is 1. The molecule has 4 nitrogen and oxygen atoms in total. The molecule has 4 heteroatoms. The van der Waals surface area contributed by atoms with Crippen LogP contribution in [0.3, 0.4) is 0 Å². The minimum atomic E-state index is -0.347. The van der Waals surface area contributed by atoms with Crippen LogP contribution < -0.4 is 4.90 Å². The van der Waals surface area contributed by atoms with Crippen molar-refractivity contribution in [2.75, 3.05) is 38.1 Å². The monoisotopic (exact) mass is 360 g/mol. The van der Waals surface area contributed by atoms with Gasteiger partial charge in [-0.1, -0.05) is 18.2 Å². The Morgan fingerprint density at radius 2 is 1.74 bits per heavy atom. The predicted octanol–water partition coefficient (Wildman–Crippen LogP) is 4.05. The predicted molar refractivity (Wildman–Crippen MR) is 108 cm³/mol. The zero-order valence-corrected chi connectivity index (χ0v) is 16.1. The van der Waals surface area contributed by atoms with Crippen molar-refractivity contribution in [3.63, 3.8) is 0 Å². The topological polar surface area (TPSA) is 36.7 Å². The molecule has 0 saturated carbocycles. The van der Waals surface area contributed by atoms with Crippen LogP contribution in [-0.2, 0) is 5.41 Å². The van der Waals surface area contributed by atoms with Crippen LogP contribution in [0.2, 0.25) is 0 Å². The second kappa shape index (κ2) is 5.70. The van der Waals surface area contributed by atoms with Gasteiger partial charge in [0, 0.05) is 48.2 Å². The molecule has 1 aliphatic heterocycles.